The van der Waals surface area contributed by atoms with Gasteiger partial charge in [0.05, 0.1) is 10.0 Å². The molecule has 4 rings (SSSR count). The van der Waals surface area contributed by atoms with Gasteiger partial charge in [-0.2, -0.15) is 5.26 Å². The Bertz CT molecular complexity index is 998. The summed E-state index contributed by atoms with van der Waals surface area (Å²) in [4.78, 5) is 11.4. The summed E-state index contributed by atoms with van der Waals surface area (Å²) in [6, 6.07) is 16.1. The van der Waals surface area contributed by atoms with Crippen LogP contribution in [0.5, 0.6) is 0 Å². The van der Waals surface area contributed by atoms with Crippen molar-refractivity contribution in [1.82, 2.24) is 14.7 Å². The lowest BCUT2D eigenvalue weighted by molar-refractivity contribution is 0.110. The standard InChI is InChI=1S/C26H32Cl2N6/c27-24-9-8-23(17-25(24)28)31-26(30-20-29)34-15-13-33(14-16-34)19-22-7-4-11-32(18-22)12-10-21-5-2-1-3-6-21/h1-3,5-6,8-9,17,22H,4,7,10-16,18-19H2,(H,30,31)/t22-/m1/s1. The normalized spacial score (nSPS) is 20.2. The number of guanidine groups is 1. The molecule has 0 amide bonds. The molecule has 8 heteroatoms. The third-order valence-corrected chi connectivity index (χ3v) is 7.42. The van der Waals surface area contributed by atoms with Crippen LogP contribution in [0.25, 0.3) is 0 Å². The van der Waals surface area contributed by atoms with Crippen LogP contribution in [0.4, 0.5) is 5.69 Å². The SMILES string of the molecule is N#C/N=C(\Nc1ccc(Cl)c(Cl)c1)N1CCN(C[C@@H]2CCCN(CCc3ccccc3)C2)CC1. The quantitative estimate of drug-likeness (QED) is 0.351. The van der Waals surface area contributed by atoms with Gasteiger partial charge in [-0.05, 0) is 55.5 Å². The number of hydrogen-bond donors (Lipinski definition) is 1. The van der Waals surface area contributed by atoms with Gasteiger partial charge in [-0.15, -0.1) is 4.99 Å². The Morgan fingerprint density at radius 2 is 1.79 bits per heavy atom. The van der Waals surface area contributed by atoms with E-state index in [9.17, 15) is 5.26 Å². The predicted molar refractivity (Wildman–Crippen MR) is 140 cm³/mol. The van der Waals surface area contributed by atoms with Crippen LogP contribution in [0.3, 0.4) is 0 Å². The molecule has 2 saturated heterocycles. The maximum absolute atomic E-state index is 9.19. The highest BCUT2D eigenvalue weighted by molar-refractivity contribution is 6.42. The van der Waals surface area contributed by atoms with Gasteiger partial charge in [0.1, 0.15) is 0 Å². The molecule has 34 heavy (non-hydrogen) atoms. The fourth-order valence-electron chi connectivity index (χ4n) is 4.87. The van der Waals surface area contributed by atoms with Gasteiger partial charge in [0, 0.05) is 51.5 Å². The summed E-state index contributed by atoms with van der Waals surface area (Å²) in [6.07, 6.45) is 5.64. The number of likely N-dealkylation sites (tertiary alicyclic amines) is 1. The maximum Gasteiger partial charge on any atom is 0.214 e. The van der Waals surface area contributed by atoms with E-state index in [1.807, 2.05) is 12.3 Å². The van der Waals surface area contributed by atoms with E-state index in [0.717, 1.165) is 57.3 Å². The first-order valence-corrected chi connectivity index (χ1v) is 12.8. The van der Waals surface area contributed by atoms with E-state index in [1.165, 1.54) is 31.5 Å². The molecule has 0 saturated carbocycles. The molecule has 2 fully saturated rings. The Balaban J connectivity index is 1.24. The number of nitrogens with zero attached hydrogens (tertiary/aromatic N) is 5. The van der Waals surface area contributed by atoms with Crippen molar-refractivity contribution in [3.05, 3.63) is 64.1 Å². The maximum atomic E-state index is 9.19. The number of halogens is 2. The second-order valence-electron chi connectivity index (χ2n) is 9.12. The second-order valence-corrected chi connectivity index (χ2v) is 9.94. The summed E-state index contributed by atoms with van der Waals surface area (Å²) in [6.45, 7) is 8.28. The number of rotatable bonds is 6. The zero-order valence-electron chi connectivity index (χ0n) is 19.5. The number of aliphatic imine (C=N–C) groups is 1. The number of nitriles is 1. The van der Waals surface area contributed by atoms with Gasteiger partial charge in [0.2, 0.25) is 12.2 Å². The molecule has 0 aliphatic carbocycles. The first-order chi connectivity index (χ1) is 16.6. The highest BCUT2D eigenvalue weighted by Crippen LogP contribution is 2.25. The van der Waals surface area contributed by atoms with Crippen molar-refractivity contribution < 1.29 is 0 Å². The largest absolute Gasteiger partial charge is 0.339 e. The van der Waals surface area contributed by atoms with Gasteiger partial charge in [0.25, 0.3) is 0 Å². The van der Waals surface area contributed by atoms with Crippen molar-refractivity contribution in [2.45, 2.75) is 19.3 Å². The molecule has 2 aromatic rings. The summed E-state index contributed by atoms with van der Waals surface area (Å²) >= 11 is 12.1. The number of piperidine rings is 1. The average molecular weight is 499 g/mol. The number of piperazine rings is 1. The monoisotopic (exact) mass is 498 g/mol. The molecule has 2 aliphatic heterocycles. The van der Waals surface area contributed by atoms with Gasteiger partial charge < -0.3 is 15.1 Å². The molecule has 0 radical (unpaired) electrons. The highest BCUT2D eigenvalue weighted by atomic mass is 35.5. The van der Waals surface area contributed by atoms with Gasteiger partial charge in [-0.25, -0.2) is 0 Å². The van der Waals surface area contributed by atoms with Gasteiger partial charge in [0.15, 0.2) is 0 Å². The summed E-state index contributed by atoms with van der Waals surface area (Å²) in [5.41, 5.74) is 2.19. The van der Waals surface area contributed by atoms with Crippen LogP contribution in [-0.4, -0.2) is 73.0 Å². The summed E-state index contributed by atoms with van der Waals surface area (Å²) < 4.78 is 0. The van der Waals surface area contributed by atoms with Crippen molar-refractivity contribution in [3.8, 4) is 6.19 Å². The van der Waals surface area contributed by atoms with Crippen molar-refractivity contribution in [3.63, 3.8) is 0 Å². The second kappa shape index (κ2) is 12.4. The molecule has 2 aromatic carbocycles. The molecule has 0 spiro atoms. The van der Waals surface area contributed by atoms with Crippen LogP contribution >= 0.6 is 23.2 Å². The van der Waals surface area contributed by atoms with E-state index in [0.29, 0.717) is 16.0 Å². The Morgan fingerprint density at radius 1 is 1.00 bits per heavy atom. The Hall–Kier alpha value is -2.30. The average Bonchev–Trinajstić information content (AvgIpc) is 2.86. The van der Waals surface area contributed by atoms with E-state index in [4.69, 9.17) is 23.2 Å². The Kier molecular flexibility index (Phi) is 9.06. The predicted octanol–water partition coefficient (Wildman–Crippen LogP) is 4.81. The summed E-state index contributed by atoms with van der Waals surface area (Å²) in [7, 11) is 0. The van der Waals surface area contributed by atoms with Crippen LogP contribution in [0, 0.1) is 17.4 Å². The molecule has 2 heterocycles. The number of nitrogens with one attached hydrogen (secondary N) is 1. The lowest BCUT2D eigenvalue weighted by Crippen LogP contribution is -2.52. The number of anilines is 1. The molecule has 0 aromatic heterocycles. The highest BCUT2D eigenvalue weighted by Gasteiger charge is 2.25. The first-order valence-electron chi connectivity index (χ1n) is 12.0. The lowest BCUT2D eigenvalue weighted by Gasteiger charge is -2.40. The van der Waals surface area contributed by atoms with Gasteiger partial charge >= 0.3 is 0 Å². The number of benzene rings is 2. The van der Waals surface area contributed by atoms with Gasteiger partial charge in [-0.3, -0.25) is 4.90 Å². The fraction of sp³-hybridized carbons (Fsp3) is 0.462. The van der Waals surface area contributed by atoms with Crippen LogP contribution in [0.15, 0.2) is 53.5 Å². The molecule has 2 aliphatic rings. The third kappa shape index (κ3) is 7.10. The fourth-order valence-corrected chi connectivity index (χ4v) is 5.17. The van der Waals surface area contributed by atoms with Crippen molar-refractivity contribution >= 4 is 34.8 Å². The zero-order valence-corrected chi connectivity index (χ0v) is 21.0. The van der Waals surface area contributed by atoms with E-state index >= 15 is 0 Å². The minimum Gasteiger partial charge on any atom is -0.339 e. The van der Waals surface area contributed by atoms with Crippen LogP contribution in [0.2, 0.25) is 10.0 Å². The Labute approximate surface area is 212 Å². The lowest BCUT2D eigenvalue weighted by atomic mass is 9.96. The van der Waals surface area contributed by atoms with E-state index < -0.39 is 0 Å². The molecular formula is C26H32Cl2N6. The van der Waals surface area contributed by atoms with Crippen LogP contribution in [0.1, 0.15) is 18.4 Å². The summed E-state index contributed by atoms with van der Waals surface area (Å²) in [5.74, 6) is 1.28. The minimum absolute atomic E-state index is 0.470. The van der Waals surface area contributed by atoms with E-state index in [2.05, 4.69) is 55.3 Å². The smallest absolute Gasteiger partial charge is 0.214 e. The Morgan fingerprint density at radius 3 is 2.53 bits per heavy atom. The number of hydrogen-bond acceptors (Lipinski definition) is 4. The molecule has 0 unspecified atom stereocenters. The topological polar surface area (TPSA) is 57.9 Å². The molecule has 0 bridgehead atoms. The first kappa shape index (κ1) is 24.8. The van der Waals surface area contributed by atoms with E-state index in [1.54, 1.807) is 12.1 Å². The van der Waals surface area contributed by atoms with Crippen molar-refractivity contribution in [2.75, 3.05) is 57.7 Å². The van der Waals surface area contributed by atoms with Crippen LogP contribution in [-0.2, 0) is 6.42 Å². The van der Waals surface area contributed by atoms with Gasteiger partial charge in [-0.1, -0.05) is 53.5 Å². The molecule has 1 atom stereocenters. The van der Waals surface area contributed by atoms with Crippen molar-refractivity contribution in [2.24, 2.45) is 10.9 Å². The molecule has 1 N–H and O–H groups in total. The molecule has 6 nitrogen and oxygen atoms in total. The minimum atomic E-state index is 0.470. The molecule has 180 valence electrons. The van der Waals surface area contributed by atoms with Crippen molar-refractivity contribution in [1.29, 1.82) is 5.26 Å². The zero-order chi connectivity index (χ0) is 23.8. The third-order valence-electron chi connectivity index (χ3n) is 6.68. The van der Waals surface area contributed by atoms with E-state index in [-0.39, 0.29) is 0 Å². The summed E-state index contributed by atoms with van der Waals surface area (Å²) in [5, 5.41) is 13.4. The molecular weight excluding hydrogens is 467 g/mol. The van der Waals surface area contributed by atoms with Crippen LogP contribution < -0.4 is 5.32 Å².